The molecule has 1 aliphatic rings. The second-order valence-electron chi connectivity index (χ2n) is 11.0. The Hall–Kier alpha value is -3.71. The minimum Gasteiger partial charge on any atom is -0.455 e. The molecule has 0 saturated heterocycles. The van der Waals surface area contributed by atoms with Crippen molar-refractivity contribution in [1.82, 2.24) is 10.6 Å². The molecule has 0 bridgehead atoms. The predicted octanol–water partition coefficient (Wildman–Crippen LogP) is 5.22. The van der Waals surface area contributed by atoms with Crippen molar-refractivity contribution in [3.05, 3.63) is 97.1 Å². The molecule has 41 heavy (non-hydrogen) atoms. The van der Waals surface area contributed by atoms with E-state index in [1.807, 2.05) is 60.7 Å². The van der Waals surface area contributed by atoms with Crippen molar-refractivity contribution < 1.29 is 24.2 Å². The van der Waals surface area contributed by atoms with Crippen molar-refractivity contribution in [2.45, 2.75) is 69.4 Å². The first-order chi connectivity index (χ1) is 19.9. The first kappa shape index (κ1) is 31.8. The molecule has 1 fully saturated rings. The van der Waals surface area contributed by atoms with E-state index in [-0.39, 0.29) is 43.3 Å². The van der Waals surface area contributed by atoms with Gasteiger partial charge in [-0.15, -0.1) is 13.2 Å². The number of nitrogens with one attached hydrogen (secondary N) is 2. The fourth-order valence-corrected chi connectivity index (χ4v) is 5.42. The number of rotatable bonds is 17. The number of aliphatic hydroxyl groups excluding tert-OH is 1. The van der Waals surface area contributed by atoms with Gasteiger partial charge in [-0.3, -0.25) is 14.4 Å². The van der Waals surface area contributed by atoms with E-state index in [4.69, 9.17) is 4.74 Å². The summed E-state index contributed by atoms with van der Waals surface area (Å²) in [7, 11) is 0. The van der Waals surface area contributed by atoms with Gasteiger partial charge in [0.05, 0.1) is 30.5 Å². The zero-order valence-corrected chi connectivity index (χ0v) is 23.9. The Morgan fingerprint density at radius 2 is 1.61 bits per heavy atom. The Kier molecular flexibility index (Phi) is 12.8. The average molecular weight is 561 g/mol. The molecule has 7 nitrogen and oxygen atoms in total. The molecule has 3 atom stereocenters. The van der Waals surface area contributed by atoms with E-state index in [0.29, 0.717) is 25.7 Å². The first-order valence-corrected chi connectivity index (χ1v) is 14.6. The summed E-state index contributed by atoms with van der Waals surface area (Å²) < 4.78 is 6.04. The summed E-state index contributed by atoms with van der Waals surface area (Å²) >= 11 is 0. The van der Waals surface area contributed by atoms with Crippen LogP contribution in [0.3, 0.4) is 0 Å². The van der Waals surface area contributed by atoms with Gasteiger partial charge in [-0.1, -0.05) is 85.7 Å². The van der Waals surface area contributed by atoms with Crippen LogP contribution in [0.15, 0.2) is 86.0 Å². The van der Waals surface area contributed by atoms with Crippen LogP contribution >= 0.6 is 0 Å². The van der Waals surface area contributed by atoms with Gasteiger partial charge in [0.1, 0.15) is 6.10 Å². The first-order valence-electron chi connectivity index (χ1n) is 14.6. The number of esters is 1. The van der Waals surface area contributed by atoms with E-state index in [1.54, 1.807) is 12.2 Å². The van der Waals surface area contributed by atoms with Gasteiger partial charge in [-0.25, -0.2) is 0 Å². The standard InChI is InChI=1S/C34H44N2O5/c1-3-5-17-29(22-26-15-8-6-9-16-26)33(40)41-30(27-18-10-7-11-19-27)24-35-32(39)28(14-4-2)23-31(38)36-34(25-37)20-12-13-21-34/h3-4,6-11,15-16,18-19,28-30,37H,1-2,5,12-14,17,20-25H2,(H,35,39)(H,36,38). The van der Waals surface area contributed by atoms with Crippen molar-refractivity contribution >= 4 is 17.8 Å². The molecule has 1 saturated carbocycles. The molecule has 3 unspecified atom stereocenters. The number of carbonyl (C=O) groups excluding carboxylic acids is 3. The molecular weight excluding hydrogens is 516 g/mol. The zero-order chi connectivity index (χ0) is 29.5. The highest BCUT2D eigenvalue weighted by atomic mass is 16.5. The van der Waals surface area contributed by atoms with Crippen molar-refractivity contribution in [2.24, 2.45) is 11.8 Å². The number of benzene rings is 2. The normalized spacial score (nSPS) is 16.1. The summed E-state index contributed by atoms with van der Waals surface area (Å²) in [5, 5.41) is 15.7. The van der Waals surface area contributed by atoms with Crippen molar-refractivity contribution in [1.29, 1.82) is 0 Å². The Morgan fingerprint density at radius 1 is 0.951 bits per heavy atom. The largest absolute Gasteiger partial charge is 0.455 e. The quantitative estimate of drug-likeness (QED) is 0.182. The van der Waals surface area contributed by atoms with Gasteiger partial charge in [0, 0.05) is 6.42 Å². The van der Waals surface area contributed by atoms with Gasteiger partial charge >= 0.3 is 5.97 Å². The van der Waals surface area contributed by atoms with Crippen LogP contribution in [0.4, 0.5) is 0 Å². The summed E-state index contributed by atoms with van der Waals surface area (Å²) in [5.41, 5.74) is 1.22. The van der Waals surface area contributed by atoms with Crippen LogP contribution in [-0.4, -0.2) is 41.6 Å². The van der Waals surface area contributed by atoms with Crippen LogP contribution in [-0.2, 0) is 25.5 Å². The van der Waals surface area contributed by atoms with E-state index in [1.165, 1.54) is 0 Å². The molecule has 0 aliphatic heterocycles. The molecule has 0 aromatic heterocycles. The van der Waals surface area contributed by atoms with Gasteiger partial charge in [-0.05, 0) is 49.7 Å². The Morgan fingerprint density at radius 3 is 2.22 bits per heavy atom. The van der Waals surface area contributed by atoms with E-state index in [0.717, 1.165) is 36.8 Å². The van der Waals surface area contributed by atoms with Crippen LogP contribution in [0, 0.1) is 11.8 Å². The number of ether oxygens (including phenoxy) is 1. The lowest BCUT2D eigenvalue weighted by atomic mass is 9.94. The lowest BCUT2D eigenvalue weighted by molar-refractivity contribution is -0.155. The molecule has 2 aromatic rings. The second-order valence-corrected chi connectivity index (χ2v) is 11.0. The molecule has 0 spiro atoms. The lowest BCUT2D eigenvalue weighted by Crippen LogP contribution is -2.50. The lowest BCUT2D eigenvalue weighted by Gasteiger charge is -2.29. The van der Waals surface area contributed by atoms with E-state index in [2.05, 4.69) is 23.8 Å². The SMILES string of the molecule is C=CCCC(Cc1ccccc1)C(=O)OC(CNC(=O)C(CC=C)CC(=O)NC1(CO)CCCC1)c1ccccc1. The van der Waals surface area contributed by atoms with Crippen LogP contribution < -0.4 is 10.6 Å². The highest BCUT2D eigenvalue weighted by Gasteiger charge is 2.35. The number of allylic oxidation sites excluding steroid dienone is 2. The predicted molar refractivity (Wildman–Crippen MR) is 161 cm³/mol. The fourth-order valence-electron chi connectivity index (χ4n) is 5.42. The van der Waals surface area contributed by atoms with Crippen LogP contribution in [0.2, 0.25) is 0 Å². The monoisotopic (exact) mass is 560 g/mol. The molecular formula is C34H44N2O5. The second kappa shape index (κ2) is 16.5. The maximum Gasteiger partial charge on any atom is 0.309 e. The van der Waals surface area contributed by atoms with Crippen molar-refractivity contribution in [3.8, 4) is 0 Å². The molecule has 0 heterocycles. The van der Waals surface area contributed by atoms with Gasteiger partial charge in [0.15, 0.2) is 0 Å². The molecule has 7 heteroatoms. The van der Waals surface area contributed by atoms with Gasteiger partial charge in [0.25, 0.3) is 0 Å². The number of aliphatic hydroxyl groups is 1. The summed E-state index contributed by atoms with van der Waals surface area (Å²) in [5.74, 6) is -1.89. The topological polar surface area (TPSA) is 105 Å². The molecule has 2 aromatic carbocycles. The summed E-state index contributed by atoms with van der Waals surface area (Å²) in [6, 6.07) is 19.2. The molecule has 2 amide bonds. The van der Waals surface area contributed by atoms with Gasteiger partial charge in [0.2, 0.25) is 11.8 Å². The summed E-state index contributed by atoms with van der Waals surface area (Å²) in [6.45, 7) is 7.52. The Balaban J connectivity index is 1.67. The Bertz CT molecular complexity index is 1130. The molecule has 3 N–H and O–H groups in total. The molecule has 1 aliphatic carbocycles. The highest BCUT2D eigenvalue weighted by Crippen LogP contribution is 2.29. The fraction of sp³-hybridized carbons (Fsp3) is 0.441. The average Bonchev–Trinajstić information content (AvgIpc) is 3.46. The van der Waals surface area contributed by atoms with E-state index in [9.17, 15) is 19.5 Å². The number of carbonyl (C=O) groups is 3. The number of hydrogen-bond donors (Lipinski definition) is 3. The summed E-state index contributed by atoms with van der Waals surface area (Å²) in [6.07, 6.45) is 8.25. The molecule has 0 radical (unpaired) electrons. The van der Waals surface area contributed by atoms with E-state index < -0.39 is 17.6 Å². The molecule has 220 valence electrons. The maximum atomic E-state index is 13.4. The Labute approximate surface area is 244 Å². The van der Waals surface area contributed by atoms with Crippen LogP contribution in [0.1, 0.15) is 68.6 Å². The smallest absolute Gasteiger partial charge is 0.309 e. The number of hydrogen-bond acceptors (Lipinski definition) is 5. The maximum absolute atomic E-state index is 13.4. The summed E-state index contributed by atoms with van der Waals surface area (Å²) in [4.78, 5) is 39.5. The van der Waals surface area contributed by atoms with Gasteiger partial charge < -0.3 is 20.5 Å². The van der Waals surface area contributed by atoms with E-state index >= 15 is 0 Å². The molecule has 3 rings (SSSR count). The minimum atomic E-state index is -0.691. The zero-order valence-electron chi connectivity index (χ0n) is 23.9. The van der Waals surface area contributed by atoms with Crippen LogP contribution in [0.5, 0.6) is 0 Å². The number of amides is 2. The third-order valence-electron chi connectivity index (χ3n) is 7.79. The highest BCUT2D eigenvalue weighted by molar-refractivity contribution is 5.86. The minimum absolute atomic E-state index is 0.0178. The third kappa shape index (κ3) is 10.0. The van der Waals surface area contributed by atoms with Gasteiger partial charge in [-0.2, -0.15) is 0 Å². The third-order valence-corrected chi connectivity index (χ3v) is 7.79. The van der Waals surface area contributed by atoms with Crippen molar-refractivity contribution in [2.75, 3.05) is 13.2 Å². The van der Waals surface area contributed by atoms with Crippen molar-refractivity contribution in [3.63, 3.8) is 0 Å². The van der Waals surface area contributed by atoms with Crippen LogP contribution in [0.25, 0.3) is 0 Å².